The highest BCUT2D eigenvalue weighted by Gasteiger charge is 2.43. The Kier molecular flexibility index (Phi) is 6.68. The van der Waals surface area contributed by atoms with Crippen molar-refractivity contribution in [3.05, 3.63) is 95.6 Å². The zero-order valence-corrected chi connectivity index (χ0v) is 18.4. The van der Waals surface area contributed by atoms with Gasteiger partial charge in [-0.2, -0.15) is 0 Å². The van der Waals surface area contributed by atoms with Crippen molar-refractivity contribution in [2.24, 2.45) is 0 Å². The first-order chi connectivity index (χ1) is 16.5. The summed E-state index contributed by atoms with van der Waals surface area (Å²) in [5.41, 5.74) is 1.62. The fourth-order valence-electron chi connectivity index (χ4n) is 3.78. The summed E-state index contributed by atoms with van der Waals surface area (Å²) in [6.07, 6.45) is 0.0548. The van der Waals surface area contributed by atoms with Crippen molar-refractivity contribution in [1.29, 1.82) is 0 Å². The van der Waals surface area contributed by atoms with E-state index in [0.29, 0.717) is 11.4 Å². The molecule has 34 heavy (non-hydrogen) atoms. The maximum Gasteiger partial charge on any atom is 0.330 e. The SMILES string of the molecule is COc1ccccc1NC(=O)COC(=O)[C@H](Cc1ccccc1)N1C(=O)c2ccccc2C1=O. The third-order valence-electron chi connectivity index (χ3n) is 5.41. The van der Waals surface area contributed by atoms with E-state index in [4.69, 9.17) is 9.47 Å². The molecule has 1 aliphatic heterocycles. The van der Waals surface area contributed by atoms with Gasteiger partial charge in [0, 0.05) is 6.42 Å². The molecule has 0 fully saturated rings. The zero-order valence-electron chi connectivity index (χ0n) is 18.4. The minimum atomic E-state index is -1.23. The molecule has 1 heterocycles. The van der Waals surface area contributed by atoms with Crippen molar-refractivity contribution in [2.45, 2.75) is 12.5 Å². The number of rotatable bonds is 8. The van der Waals surface area contributed by atoms with E-state index in [2.05, 4.69) is 5.32 Å². The van der Waals surface area contributed by atoms with Crippen LogP contribution < -0.4 is 10.1 Å². The highest BCUT2D eigenvalue weighted by Crippen LogP contribution is 2.27. The van der Waals surface area contributed by atoms with E-state index in [9.17, 15) is 19.2 Å². The maximum absolute atomic E-state index is 13.1. The van der Waals surface area contributed by atoms with E-state index in [1.54, 1.807) is 72.8 Å². The molecule has 0 aromatic heterocycles. The topological polar surface area (TPSA) is 102 Å². The van der Waals surface area contributed by atoms with Gasteiger partial charge in [0.25, 0.3) is 17.7 Å². The number of nitrogens with one attached hydrogen (secondary N) is 1. The third kappa shape index (κ3) is 4.66. The molecule has 0 bridgehead atoms. The Morgan fingerprint density at radius 1 is 0.853 bits per heavy atom. The van der Waals surface area contributed by atoms with Crippen LogP contribution in [0.3, 0.4) is 0 Å². The van der Waals surface area contributed by atoms with Crippen molar-refractivity contribution in [3.8, 4) is 5.75 Å². The van der Waals surface area contributed by atoms with Gasteiger partial charge in [-0.15, -0.1) is 0 Å². The number of para-hydroxylation sites is 2. The molecule has 3 aromatic carbocycles. The quantitative estimate of drug-likeness (QED) is 0.411. The molecular formula is C26H22N2O6. The van der Waals surface area contributed by atoms with Gasteiger partial charge in [-0.05, 0) is 29.8 Å². The maximum atomic E-state index is 13.1. The Hall–Kier alpha value is -4.46. The summed E-state index contributed by atoms with van der Waals surface area (Å²) in [4.78, 5) is 52.4. The molecule has 8 nitrogen and oxygen atoms in total. The average molecular weight is 458 g/mol. The first-order valence-electron chi connectivity index (χ1n) is 10.6. The lowest BCUT2D eigenvalue weighted by molar-refractivity contribution is -0.151. The summed E-state index contributed by atoms with van der Waals surface area (Å²) >= 11 is 0. The number of hydrogen-bond acceptors (Lipinski definition) is 6. The molecule has 0 unspecified atom stereocenters. The van der Waals surface area contributed by atoms with Crippen LogP contribution in [-0.4, -0.2) is 48.3 Å². The molecule has 1 atom stereocenters. The highest BCUT2D eigenvalue weighted by molar-refractivity contribution is 6.22. The molecule has 3 amide bonds. The van der Waals surface area contributed by atoms with Gasteiger partial charge >= 0.3 is 5.97 Å². The number of methoxy groups -OCH3 is 1. The van der Waals surface area contributed by atoms with E-state index in [1.807, 2.05) is 6.07 Å². The molecule has 0 saturated carbocycles. The Morgan fingerprint density at radius 2 is 1.44 bits per heavy atom. The summed E-state index contributed by atoms with van der Waals surface area (Å²) < 4.78 is 10.4. The summed E-state index contributed by atoms with van der Waals surface area (Å²) in [7, 11) is 1.47. The Bertz CT molecular complexity index is 1210. The Balaban J connectivity index is 1.51. The lowest BCUT2D eigenvalue weighted by Gasteiger charge is -2.24. The molecule has 0 aliphatic carbocycles. The minimum absolute atomic E-state index is 0.0548. The molecule has 172 valence electrons. The Labute approximate surface area is 196 Å². The van der Waals surface area contributed by atoms with Crippen LogP contribution in [0.1, 0.15) is 26.3 Å². The van der Waals surface area contributed by atoms with Gasteiger partial charge in [0.2, 0.25) is 0 Å². The van der Waals surface area contributed by atoms with Gasteiger partial charge in [-0.1, -0.05) is 54.6 Å². The second-order valence-corrected chi connectivity index (χ2v) is 7.59. The third-order valence-corrected chi connectivity index (χ3v) is 5.41. The zero-order chi connectivity index (χ0) is 24.1. The number of esters is 1. The van der Waals surface area contributed by atoms with Crippen LogP contribution >= 0.6 is 0 Å². The molecule has 1 N–H and O–H groups in total. The van der Waals surface area contributed by atoms with Crippen LogP contribution in [-0.2, 0) is 20.7 Å². The predicted octanol–water partition coefficient (Wildman–Crippen LogP) is 3.08. The fourth-order valence-corrected chi connectivity index (χ4v) is 3.78. The van der Waals surface area contributed by atoms with Crippen LogP contribution in [0.25, 0.3) is 0 Å². The predicted molar refractivity (Wildman–Crippen MR) is 123 cm³/mol. The number of fused-ring (bicyclic) bond motifs is 1. The fraction of sp³-hybridized carbons (Fsp3) is 0.154. The molecule has 3 aromatic rings. The number of nitrogens with zero attached hydrogens (tertiary/aromatic N) is 1. The lowest BCUT2D eigenvalue weighted by Crippen LogP contribution is -2.47. The molecule has 8 heteroatoms. The standard InChI is InChI=1S/C26H22N2O6/c1-33-22-14-8-7-13-20(22)27-23(29)16-34-26(32)21(15-17-9-3-2-4-10-17)28-24(30)18-11-5-6-12-19(18)25(28)31/h2-14,21H,15-16H2,1H3,(H,27,29)/t21-/m0/s1. The first-order valence-corrected chi connectivity index (χ1v) is 10.6. The number of carbonyl (C=O) groups is 4. The number of hydrogen-bond donors (Lipinski definition) is 1. The summed E-state index contributed by atoms with van der Waals surface area (Å²) in [6.45, 7) is -0.592. The number of imide groups is 1. The second kappa shape index (κ2) is 9.99. The number of carbonyl (C=O) groups excluding carboxylic acids is 4. The molecule has 4 rings (SSSR count). The van der Waals surface area contributed by atoms with Crippen LogP contribution in [0, 0.1) is 0 Å². The van der Waals surface area contributed by atoms with Crippen molar-refractivity contribution < 1.29 is 28.7 Å². The molecule has 0 radical (unpaired) electrons. The van der Waals surface area contributed by atoms with Crippen molar-refractivity contribution >= 4 is 29.4 Å². The monoisotopic (exact) mass is 458 g/mol. The summed E-state index contributed by atoms with van der Waals surface area (Å²) in [6, 6.07) is 20.9. The van der Waals surface area contributed by atoms with E-state index in [0.717, 1.165) is 10.5 Å². The van der Waals surface area contributed by atoms with Crippen molar-refractivity contribution in [2.75, 3.05) is 19.0 Å². The average Bonchev–Trinajstić information content (AvgIpc) is 3.12. The van der Waals surface area contributed by atoms with Crippen LogP contribution in [0.2, 0.25) is 0 Å². The summed E-state index contributed by atoms with van der Waals surface area (Å²) in [5, 5.41) is 2.62. The Morgan fingerprint density at radius 3 is 2.09 bits per heavy atom. The second-order valence-electron chi connectivity index (χ2n) is 7.59. The summed E-state index contributed by atoms with van der Waals surface area (Å²) in [5.74, 6) is -2.13. The van der Waals surface area contributed by atoms with E-state index >= 15 is 0 Å². The van der Waals surface area contributed by atoms with Gasteiger partial charge in [0.15, 0.2) is 6.61 Å². The lowest BCUT2D eigenvalue weighted by atomic mass is 10.0. The van der Waals surface area contributed by atoms with E-state index < -0.39 is 36.3 Å². The van der Waals surface area contributed by atoms with Gasteiger partial charge < -0.3 is 14.8 Å². The van der Waals surface area contributed by atoms with Crippen LogP contribution in [0.15, 0.2) is 78.9 Å². The molecular weight excluding hydrogens is 436 g/mol. The smallest absolute Gasteiger partial charge is 0.330 e. The van der Waals surface area contributed by atoms with Crippen molar-refractivity contribution in [1.82, 2.24) is 4.90 Å². The molecule has 0 spiro atoms. The van der Waals surface area contributed by atoms with Gasteiger partial charge in [-0.3, -0.25) is 19.3 Å². The normalized spacial score (nSPS) is 13.3. The first kappa shape index (κ1) is 22.7. The number of ether oxygens (including phenoxy) is 2. The number of anilines is 1. The van der Waals surface area contributed by atoms with Crippen LogP contribution in [0.4, 0.5) is 5.69 Å². The van der Waals surface area contributed by atoms with E-state index in [-0.39, 0.29) is 17.5 Å². The molecule has 0 saturated heterocycles. The minimum Gasteiger partial charge on any atom is -0.495 e. The highest BCUT2D eigenvalue weighted by atomic mass is 16.5. The van der Waals surface area contributed by atoms with Gasteiger partial charge in [-0.25, -0.2) is 4.79 Å². The van der Waals surface area contributed by atoms with Crippen LogP contribution in [0.5, 0.6) is 5.75 Å². The largest absolute Gasteiger partial charge is 0.495 e. The number of benzene rings is 3. The van der Waals surface area contributed by atoms with E-state index in [1.165, 1.54) is 7.11 Å². The van der Waals surface area contributed by atoms with Gasteiger partial charge in [0.05, 0.1) is 23.9 Å². The molecule has 1 aliphatic rings. The number of amides is 3. The van der Waals surface area contributed by atoms with Crippen molar-refractivity contribution in [3.63, 3.8) is 0 Å². The van der Waals surface area contributed by atoms with Gasteiger partial charge in [0.1, 0.15) is 11.8 Å².